The van der Waals surface area contributed by atoms with Crippen molar-refractivity contribution in [2.45, 2.75) is 25.8 Å². The van der Waals surface area contributed by atoms with E-state index in [1.54, 1.807) is 31.2 Å². The number of carbonyl (C=O) groups is 2. The lowest BCUT2D eigenvalue weighted by Gasteiger charge is -2.14. The van der Waals surface area contributed by atoms with Gasteiger partial charge in [-0.2, -0.15) is 5.26 Å². The van der Waals surface area contributed by atoms with Crippen LogP contribution in [0.5, 0.6) is 0 Å². The van der Waals surface area contributed by atoms with Crippen LogP contribution in [-0.2, 0) is 11.2 Å². The van der Waals surface area contributed by atoms with E-state index in [0.29, 0.717) is 28.8 Å². The smallest absolute Gasteiger partial charge is 0.371 e. The van der Waals surface area contributed by atoms with Gasteiger partial charge in [-0.3, -0.25) is 4.79 Å². The van der Waals surface area contributed by atoms with Gasteiger partial charge < -0.3 is 25.1 Å². The summed E-state index contributed by atoms with van der Waals surface area (Å²) in [7, 11) is 0. The number of aromatic carboxylic acids is 1. The minimum Gasteiger partial charge on any atom is -0.475 e. The maximum atomic E-state index is 12.5. The molecule has 0 aliphatic rings. The molecule has 0 aliphatic carbocycles. The van der Waals surface area contributed by atoms with E-state index in [4.69, 9.17) is 14.8 Å². The zero-order valence-corrected chi connectivity index (χ0v) is 17.4. The molecule has 0 saturated carbocycles. The number of carboxylic acids is 1. The molecule has 1 amide bonds. The largest absolute Gasteiger partial charge is 0.475 e. The number of benzene rings is 2. The normalized spacial score (nSPS) is 12.0. The van der Waals surface area contributed by atoms with Crippen molar-refractivity contribution < 1.29 is 19.1 Å². The molecule has 2 aromatic carbocycles. The molecule has 4 aromatic rings. The third kappa shape index (κ3) is 4.48. The van der Waals surface area contributed by atoms with Gasteiger partial charge in [0.2, 0.25) is 11.7 Å². The van der Waals surface area contributed by atoms with Gasteiger partial charge in [0.15, 0.2) is 0 Å². The summed E-state index contributed by atoms with van der Waals surface area (Å²) in [6.07, 6.45) is 3.61. The number of carbonyl (C=O) groups excluding carboxylic acids is 1. The number of rotatable bonds is 8. The zero-order chi connectivity index (χ0) is 22.7. The molecule has 4 N–H and O–H groups in total. The predicted octanol–water partition coefficient (Wildman–Crippen LogP) is 4.03. The number of nitrogens with one attached hydrogen (secondary N) is 3. The van der Waals surface area contributed by atoms with E-state index < -0.39 is 12.0 Å². The van der Waals surface area contributed by atoms with E-state index in [9.17, 15) is 9.59 Å². The molecule has 0 radical (unpaired) electrons. The molecule has 162 valence electrons. The van der Waals surface area contributed by atoms with Gasteiger partial charge >= 0.3 is 5.97 Å². The lowest BCUT2D eigenvalue weighted by molar-refractivity contribution is -0.117. The van der Waals surface area contributed by atoms with Gasteiger partial charge in [-0.1, -0.05) is 0 Å². The molecule has 2 heterocycles. The number of amides is 1. The number of aryl methyl sites for hydroxylation is 1. The second kappa shape index (κ2) is 8.96. The van der Waals surface area contributed by atoms with Crippen molar-refractivity contribution in [3.05, 3.63) is 65.5 Å². The van der Waals surface area contributed by atoms with Crippen molar-refractivity contribution in [3.8, 4) is 6.07 Å². The lowest BCUT2D eigenvalue weighted by Crippen LogP contribution is -2.38. The Bertz CT molecular complexity index is 1350. The number of carboxylic acid groups (broad SMARTS) is 1. The van der Waals surface area contributed by atoms with Crippen LogP contribution in [0.1, 0.15) is 35.0 Å². The minimum atomic E-state index is -1.14. The average molecular weight is 430 g/mol. The van der Waals surface area contributed by atoms with Crippen LogP contribution in [0.25, 0.3) is 21.9 Å². The Morgan fingerprint density at radius 2 is 2.06 bits per heavy atom. The van der Waals surface area contributed by atoms with Crippen LogP contribution in [0.15, 0.2) is 53.1 Å². The van der Waals surface area contributed by atoms with Crippen molar-refractivity contribution in [2.24, 2.45) is 0 Å². The molecule has 8 nitrogen and oxygen atoms in total. The summed E-state index contributed by atoms with van der Waals surface area (Å²) in [5, 5.41) is 25.8. The monoisotopic (exact) mass is 430 g/mol. The van der Waals surface area contributed by atoms with Gasteiger partial charge in [0, 0.05) is 28.2 Å². The molecule has 32 heavy (non-hydrogen) atoms. The molecule has 4 rings (SSSR count). The number of nitrogens with zero attached hydrogens (tertiary/aromatic N) is 1. The standard InChI is InChI=1S/C24H22N4O4/c1-14(23(29)28-18-5-7-21-17(10-18)11-22(32-21)24(30)31)26-8-2-3-16-13-27-20-6-4-15(12-25)9-19(16)20/h4-7,9-11,13-14,26-27H,2-3,8H2,1H3,(H,28,29)(H,30,31)/t14-/m0/s1. The highest BCUT2D eigenvalue weighted by molar-refractivity contribution is 5.97. The number of hydrogen-bond donors (Lipinski definition) is 4. The maximum absolute atomic E-state index is 12.5. The topological polar surface area (TPSA) is 131 Å². The van der Waals surface area contributed by atoms with Crippen LogP contribution in [-0.4, -0.2) is 34.6 Å². The fourth-order valence-electron chi connectivity index (χ4n) is 3.62. The summed E-state index contributed by atoms with van der Waals surface area (Å²) < 4.78 is 5.23. The van der Waals surface area contributed by atoms with Gasteiger partial charge in [0.1, 0.15) is 5.58 Å². The highest BCUT2D eigenvalue weighted by atomic mass is 16.4. The first kappa shape index (κ1) is 21.2. The van der Waals surface area contributed by atoms with Crippen LogP contribution in [0.2, 0.25) is 0 Å². The van der Waals surface area contributed by atoms with Crippen LogP contribution in [0.4, 0.5) is 5.69 Å². The Morgan fingerprint density at radius 3 is 2.84 bits per heavy atom. The van der Waals surface area contributed by atoms with Crippen molar-refractivity contribution >= 4 is 39.4 Å². The van der Waals surface area contributed by atoms with Crippen LogP contribution in [0.3, 0.4) is 0 Å². The number of aromatic nitrogens is 1. The van der Waals surface area contributed by atoms with E-state index in [-0.39, 0.29) is 11.7 Å². The summed E-state index contributed by atoms with van der Waals surface area (Å²) in [4.78, 5) is 26.8. The van der Waals surface area contributed by atoms with Gasteiger partial charge in [0.25, 0.3) is 0 Å². The third-order valence-electron chi connectivity index (χ3n) is 5.36. The Labute approximate surface area is 183 Å². The predicted molar refractivity (Wildman–Crippen MR) is 121 cm³/mol. The quantitative estimate of drug-likeness (QED) is 0.312. The average Bonchev–Trinajstić information content (AvgIpc) is 3.40. The molecule has 0 bridgehead atoms. The summed E-state index contributed by atoms with van der Waals surface area (Å²) in [5.41, 5.74) is 3.80. The first-order valence-corrected chi connectivity index (χ1v) is 10.3. The number of H-pyrrole nitrogens is 1. The van der Waals surface area contributed by atoms with Crippen molar-refractivity contribution in [1.82, 2.24) is 10.3 Å². The summed E-state index contributed by atoms with van der Waals surface area (Å²) in [6.45, 7) is 2.45. The lowest BCUT2D eigenvalue weighted by atomic mass is 10.1. The van der Waals surface area contributed by atoms with Crippen molar-refractivity contribution in [1.29, 1.82) is 5.26 Å². The minimum absolute atomic E-state index is 0.141. The Morgan fingerprint density at radius 1 is 1.22 bits per heavy atom. The van der Waals surface area contributed by atoms with Crippen LogP contribution in [0, 0.1) is 11.3 Å². The highest BCUT2D eigenvalue weighted by Gasteiger charge is 2.14. The fourth-order valence-corrected chi connectivity index (χ4v) is 3.62. The van der Waals surface area contributed by atoms with Crippen molar-refractivity contribution in [2.75, 3.05) is 11.9 Å². The fraction of sp³-hybridized carbons (Fsp3) is 0.208. The number of aromatic amines is 1. The van der Waals surface area contributed by atoms with E-state index >= 15 is 0 Å². The van der Waals surface area contributed by atoms with Gasteiger partial charge in [0.05, 0.1) is 17.7 Å². The van der Waals surface area contributed by atoms with Crippen molar-refractivity contribution in [3.63, 3.8) is 0 Å². The molecule has 0 aliphatic heterocycles. The first-order valence-electron chi connectivity index (χ1n) is 10.3. The van der Waals surface area contributed by atoms with Gasteiger partial charge in [-0.25, -0.2) is 4.79 Å². The molecule has 0 saturated heterocycles. The molecule has 2 aromatic heterocycles. The third-order valence-corrected chi connectivity index (χ3v) is 5.36. The Hall–Kier alpha value is -4.09. The number of furan rings is 1. The number of anilines is 1. The Kier molecular flexibility index (Phi) is 5.92. The SMILES string of the molecule is C[C@H](NCCCc1c[nH]c2ccc(C#N)cc12)C(=O)Nc1ccc2oc(C(=O)O)cc2c1. The van der Waals surface area contributed by atoms with E-state index in [2.05, 4.69) is 21.7 Å². The number of hydrogen-bond acceptors (Lipinski definition) is 5. The molecule has 0 unspecified atom stereocenters. The summed E-state index contributed by atoms with van der Waals surface area (Å²) >= 11 is 0. The molecule has 1 atom stereocenters. The number of nitriles is 1. The molecule has 0 spiro atoms. The second-order valence-electron chi connectivity index (χ2n) is 7.62. The Balaban J connectivity index is 1.29. The summed E-state index contributed by atoms with van der Waals surface area (Å²) in [5.74, 6) is -1.46. The van der Waals surface area contributed by atoms with Gasteiger partial charge in [-0.15, -0.1) is 0 Å². The molecular weight excluding hydrogens is 408 g/mol. The summed E-state index contributed by atoms with van der Waals surface area (Å²) in [6, 6.07) is 13.8. The molecule has 8 heteroatoms. The molecule has 0 fully saturated rings. The van der Waals surface area contributed by atoms with E-state index in [0.717, 1.165) is 29.3 Å². The van der Waals surface area contributed by atoms with Crippen LogP contribution >= 0.6 is 0 Å². The second-order valence-corrected chi connectivity index (χ2v) is 7.62. The highest BCUT2D eigenvalue weighted by Crippen LogP contribution is 2.23. The van der Waals surface area contributed by atoms with E-state index in [1.807, 2.05) is 18.3 Å². The van der Waals surface area contributed by atoms with Gasteiger partial charge in [-0.05, 0) is 74.3 Å². The first-order chi connectivity index (χ1) is 15.4. The maximum Gasteiger partial charge on any atom is 0.371 e. The van der Waals surface area contributed by atoms with Crippen LogP contribution < -0.4 is 10.6 Å². The van der Waals surface area contributed by atoms with E-state index in [1.165, 1.54) is 6.07 Å². The number of fused-ring (bicyclic) bond motifs is 2. The zero-order valence-electron chi connectivity index (χ0n) is 17.4. The molecular formula is C24H22N4O4.